The first kappa shape index (κ1) is 21.8. The van der Waals surface area contributed by atoms with Crippen LogP contribution in [0.4, 0.5) is 0 Å². The third-order valence-electron chi connectivity index (χ3n) is 5.81. The quantitative estimate of drug-likeness (QED) is 0.541. The maximum absolute atomic E-state index is 13.5. The van der Waals surface area contributed by atoms with E-state index in [4.69, 9.17) is 4.74 Å². The Labute approximate surface area is 189 Å². The molecule has 5 nitrogen and oxygen atoms in total. The van der Waals surface area contributed by atoms with Crippen molar-refractivity contribution in [3.05, 3.63) is 107 Å². The minimum atomic E-state index is -1.03. The number of nitrogens with one attached hydrogen (secondary N) is 1. The second kappa shape index (κ2) is 9.37. The minimum Gasteiger partial charge on any atom is -0.356 e. The van der Waals surface area contributed by atoms with Crippen LogP contribution in [0.15, 0.2) is 78.9 Å². The van der Waals surface area contributed by atoms with Crippen LogP contribution in [0.3, 0.4) is 0 Å². The number of rotatable bonds is 8. The summed E-state index contributed by atoms with van der Waals surface area (Å²) in [7, 11) is 0. The van der Waals surface area contributed by atoms with Crippen LogP contribution >= 0.6 is 0 Å². The lowest BCUT2D eigenvalue weighted by Gasteiger charge is -2.39. The molecule has 1 atom stereocenters. The van der Waals surface area contributed by atoms with Crippen LogP contribution in [0.25, 0.3) is 0 Å². The van der Waals surface area contributed by atoms with Crippen LogP contribution < -0.4 is 5.32 Å². The highest BCUT2D eigenvalue weighted by Gasteiger charge is 2.51. The molecule has 0 saturated carbocycles. The van der Waals surface area contributed by atoms with Crippen molar-refractivity contribution in [1.29, 1.82) is 0 Å². The van der Waals surface area contributed by atoms with E-state index in [-0.39, 0.29) is 11.8 Å². The number of benzene rings is 3. The summed E-state index contributed by atoms with van der Waals surface area (Å²) in [6.07, 6.45) is 0.627. The predicted octanol–water partition coefficient (Wildman–Crippen LogP) is 4.39. The van der Waals surface area contributed by atoms with E-state index in [0.29, 0.717) is 31.7 Å². The smallest absolute Gasteiger partial charge is 0.257 e. The van der Waals surface area contributed by atoms with Gasteiger partial charge in [-0.15, -0.1) is 0 Å². The van der Waals surface area contributed by atoms with Gasteiger partial charge in [-0.2, -0.15) is 0 Å². The summed E-state index contributed by atoms with van der Waals surface area (Å²) in [5.74, 6) is -0.137. The Morgan fingerprint density at radius 3 is 2.38 bits per heavy atom. The lowest BCUT2D eigenvalue weighted by atomic mass is 9.93. The van der Waals surface area contributed by atoms with Crippen LogP contribution in [0, 0.1) is 6.92 Å². The molecule has 0 spiro atoms. The normalized spacial score (nSPS) is 17.3. The molecule has 1 heterocycles. The van der Waals surface area contributed by atoms with E-state index in [9.17, 15) is 9.59 Å². The second-order valence-electron chi connectivity index (χ2n) is 8.12. The molecule has 1 unspecified atom stereocenters. The Morgan fingerprint density at radius 1 is 0.969 bits per heavy atom. The molecule has 0 fully saturated rings. The molecule has 1 N–H and O–H groups in total. The number of nitrogens with zero attached hydrogens (tertiary/aromatic N) is 1. The van der Waals surface area contributed by atoms with Crippen LogP contribution in [0.2, 0.25) is 0 Å². The van der Waals surface area contributed by atoms with Gasteiger partial charge >= 0.3 is 0 Å². The van der Waals surface area contributed by atoms with Gasteiger partial charge in [0, 0.05) is 36.7 Å². The van der Waals surface area contributed by atoms with Crippen molar-refractivity contribution in [3.8, 4) is 0 Å². The van der Waals surface area contributed by atoms with Crippen molar-refractivity contribution >= 4 is 11.8 Å². The van der Waals surface area contributed by atoms with Crippen molar-refractivity contribution in [2.24, 2.45) is 0 Å². The molecular weight excluding hydrogens is 400 g/mol. The maximum Gasteiger partial charge on any atom is 0.257 e. The first-order valence-corrected chi connectivity index (χ1v) is 10.9. The molecule has 0 aromatic heterocycles. The lowest BCUT2D eigenvalue weighted by Crippen LogP contribution is -2.47. The van der Waals surface area contributed by atoms with Gasteiger partial charge in [-0.1, -0.05) is 78.4 Å². The third-order valence-corrected chi connectivity index (χ3v) is 5.81. The van der Waals surface area contributed by atoms with E-state index in [2.05, 4.69) is 36.5 Å². The number of amides is 2. The summed E-state index contributed by atoms with van der Waals surface area (Å²) in [4.78, 5) is 26.6. The summed E-state index contributed by atoms with van der Waals surface area (Å²) in [6, 6.07) is 25.8. The van der Waals surface area contributed by atoms with Crippen molar-refractivity contribution < 1.29 is 14.3 Å². The Hall–Kier alpha value is -3.44. The fraction of sp³-hybridized carbons (Fsp3) is 0.259. The highest BCUT2D eigenvalue weighted by atomic mass is 16.5. The Kier molecular flexibility index (Phi) is 6.37. The fourth-order valence-electron chi connectivity index (χ4n) is 4.25. The van der Waals surface area contributed by atoms with Crippen molar-refractivity contribution in [1.82, 2.24) is 10.2 Å². The Morgan fingerprint density at radius 2 is 1.66 bits per heavy atom. The zero-order valence-corrected chi connectivity index (χ0v) is 18.5. The molecule has 3 aromatic rings. The topological polar surface area (TPSA) is 58.6 Å². The van der Waals surface area contributed by atoms with Crippen molar-refractivity contribution in [3.63, 3.8) is 0 Å². The number of hydrogen-bond acceptors (Lipinski definition) is 3. The van der Waals surface area contributed by atoms with E-state index in [0.717, 1.165) is 16.7 Å². The molecule has 0 saturated heterocycles. The van der Waals surface area contributed by atoms with E-state index in [1.54, 1.807) is 0 Å². The van der Waals surface area contributed by atoms with Crippen LogP contribution in [-0.4, -0.2) is 29.8 Å². The zero-order chi connectivity index (χ0) is 22.6. The summed E-state index contributed by atoms with van der Waals surface area (Å²) < 4.78 is 6.71. The molecule has 2 amide bonds. The molecule has 4 rings (SSSR count). The lowest BCUT2D eigenvalue weighted by molar-refractivity contribution is -0.119. The highest BCUT2D eigenvalue weighted by molar-refractivity contribution is 6.00. The number of ether oxygens (including phenoxy) is 1. The summed E-state index contributed by atoms with van der Waals surface area (Å²) in [5.41, 5.74) is 3.61. The molecule has 1 aliphatic heterocycles. The van der Waals surface area contributed by atoms with Gasteiger partial charge in [0.25, 0.3) is 5.91 Å². The number of carbonyl (C=O) groups excluding carboxylic acids is 2. The number of fused-ring (bicyclic) bond motifs is 1. The van der Waals surface area contributed by atoms with Crippen LogP contribution in [-0.2, 0) is 21.9 Å². The van der Waals surface area contributed by atoms with E-state index in [1.807, 2.05) is 59.5 Å². The van der Waals surface area contributed by atoms with Gasteiger partial charge in [0.2, 0.25) is 5.91 Å². The fourth-order valence-corrected chi connectivity index (χ4v) is 4.25. The van der Waals surface area contributed by atoms with Gasteiger partial charge in [-0.05, 0) is 25.0 Å². The van der Waals surface area contributed by atoms with Gasteiger partial charge in [-0.3, -0.25) is 9.59 Å². The van der Waals surface area contributed by atoms with Crippen LogP contribution in [0.5, 0.6) is 0 Å². The first-order chi connectivity index (χ1) is 15.5. The van der Waals surface area contributed by atoms with E-state index < -0.39 is 5.72 Å². The van der Waals surface area contributed by atoms with Crippen molar-refractivity contribution in [2.45, 2.75) is 32.6 Å². The second-order valence-corrected chi connectivity index (χ2v) is 8.12. The van der Waals surface area contributed by atoms with Gasteiger partial charge in [0.15, 0.2) is 5.72 Å². The monoisotopic (exact) mass is 428 g/mol. The minimum absolute atomic E-state index is 0.0591. The molecular formula is C27H28N2O3. The zero-order valence-electron chi connectivity index (χ0n) is 18.5. The summed E-state index contributed by atoms with van der Waals surface area (Å²) in [6.45, 7) is 4.86. The van der Waals surface area contributed by atoms with E-state index in [1.165, 1.54) is 12.5 Å². The van der Waals surface area contributed by atoms with E-state index >= 15 is 0 Å². The number of hydrogen-bond donors (Lipinski definition) is 1. The molecule has 32 heavy (non-hydrogen) atoms. The summed E-state index contributed by atoms with van der Waals surface area (Å²) >= 11 is 0. The number of aryl methyl sites for hydroxylation is 1. The van der Waals surface area contributed by atoms with Gasteiger partial charge < -0.3 is 15.0 Å². The molecule has 0 bridgehead atoms. The van der Waals surface area contributed by atoms with Gasteiger partial charge in [0.05, 0.1) is 6.61 Å². The predicted molar refractivity (Wildman–Crippen MR) is 124 cm³/mol. The largest absolute Gasteiger partial charge is 0.356 e. The van der Waals surface area contributed by atoms with Gasteiger partial charge in [-0.25, -0.2) is 0 Å². The third kappa shape index (κ3) is 4.16. The molecule has 0 radical (unpaired) electrons. The molecule has 0 aliphatic carbocycles. The average molecular weight is 429 g/mol. The van der Waals surface area contributed by atoms with Gasteiger partial charge in [0.1, 0.15) is 0 Å². The maximum atomic E-state index is 13.5. The average Bonchev–Trinajstić information content (AvgIpc) is 3.05. The molecule has 5 heteroatoms. The highest BCUT2D eigenvalue weighted by Crippen LogP contribution is 2.45. The molecule has 3 aromatic carbocycles. The SMILES string of the molecule is CC(=O)NCCCN1C(=O)c2ccccc2C1(OCc1ccc(C)cc1)c1ccccc1. The van der Waals surface area contributed by atoms with Crippen molar-refractivity contribution in [2.75, 3.05) is 13.1 Å². The number of carbonyl (C=O) groups is 2. The first-order valence-electron chi connectivity index (χ1n) is 10.9. The molecule has 1 aliphatic rings. The standard InChI is InChI=1S/C27H28N2O3/c1-20-13-15-22(16-14-20)19-32-27(23-9-4-3-5-10-23)25-12-7-6-11-24(25)26(31)29(27)18-8-17-28-21(2)30/h3-7,9-16H,8,17-19H2,1-2H3,(H,28,30). The molecule has 164 valence electrons. The Balaban J connectivity index is 1.75. The Bertz CT molecular complexity index is 1100. The van der Waals surface area contributed by atoms with Crippen LogP contribution in [0.1, 0.15) is 46.0 Å². The summed E-state index contributed by atoms with van der Waals surface area (Å²) in [5, 5.41) is 2.82.